The molecule has 6 nitrogen and oxygen atoms in total. The molecule has 0 unspecified atom stereocenters. The number of nitrogens with one attached hydrogen (secondary N) is 1. The molecule has 0 saturated carbocycles. The molecule has 0 spiro atoms. The van der Waals surface area contributed by atoms with Gasteiger partial charge in [-0.15, -0.1) is 11.8 Å². The van der Waals surface area contributed by atoms with E-state index in [-0.39, 0.29) is 25.0 Å². The lowest BCUT2D eigenvalue weighted by Gasteiger charge is -2.26. The number of aliphatic carboxylic acids is 1. The van der Waals surface area contributed by atoms with Gasteiger partial charge in [-0.1, -0.05) is 53.6 Å². The van der Waals surface area contributed by atoms with Gasteiger partial charge in [0.1, 0.15) is 18.4 Å². The predicted molar refractivity (Wildman–Crippen MR) is 132 cm³/mol. The summed E-state index contributed by atoms with van der Waals surface area (Å²) in [6.07, 6.45) is 0.228. The molecule has 1 heterocycles. The van der Waals surface area contributed by atoms with Crippen molar-refractivity contribution in [2.24, 2.45) is 0 Å². The highest BCUT2D eigenvalue weighted by atomic mass is 35.5. The Labute approximate surface area is 206 Å². The second kappa shape index (κ2) is 11.2. The van der Waals surface area contributed by atoms with E-state index >= 15 is 0 Å². The molecule has 1 aliphatic rings. The number of hydrogen-bond acceptors (Lipinski definition) is 5. The van der Waals surface area contributed by atoms with E-state index in [1.165, 1.54) is 6.92 Å². The van der Waals surface area contributed by atoms with Crippen molar-refractivity contribution in [3.63, 3.8) is 0 Å². The summed E-state index contributed by atoms with van der Waals surface area (Å²) in [7, 11) is 0. The fourth-order valence-corrected chi connectivity index (χ4v) is 5.42. The first-order valence-corrected chi connectivity index (χ1v) is 12.1. The lowest BCUT2D eigenvalue weighted by atomic mass is 10.1. The van der Waals surface area contributed by atoms with Crippen molar-refractivity contribution in [3.05, 3.63) is 63.6 Å². The van der Waals surface area contributed by atoms with Crippen LogP contribution in [0.15, 0.2) is 42.5 Å². The molecule has 0 aliphatic carbocycles. The largest absolute Gasteiger partial charge is 0.489 e. The van der Waals surface area contributed by atoms with Crippen molar-refractivity contribution in [2.45, 2.75) is 32.0 Å². The molecule has 1 saturated heterocycles. The minimum atomic E-state index is -1.01. The maximum absolute atomic E-state index is 11.8. The van der Waals surface area contributed by atoms with Crippen LogP contribution in [0.2, 0.25) is 10.0 Å². The fraction of sp³-hybridized carbons (Fsp3) is 0.318. The number of hydrogen-bond donors (Lipinski definition) is 2. The average molecular weight is 513 g/mol. The van der Waals surface area contributed by atoms with Crippen molar-refractivity contribution in [3.8, 4) is 5.75 Å². The molecule has 32 heavy (non-hydrogen) atoms. The van der Waals surface area contributed by atoms with E-state index < -0.39 is 12.0 Å². The number of benzene rings is 2. The van der Waals surface area contributed by atoms with Gasteiger partial charge in [0.05, 0.1) is 16.9 Å². The molecule has 2 aromatic carbocycles. The molecule has 2 atom stereocenters. The summed E-state index contributed by atoms with van der Waals surface area (Å²) in [6.45, 7) is 1.71. The summed E-state index contributed by atoms with van der Waals surface area (Å²) in [5.74, 6) is 0.727. The lowest BCUT2D eigenvalue weighted by Crippen LogP contribution is -2.51. The highest BCUT2D eigenvalue weighted by Gasteiger charge is 2.32. The first-order valence-electron chi connectivity index (χ1n) is 9.79. The molecule has 0 radical (unpaired) electrons. The quantitative estimate of drug-likeness (QED) is 0.507. The summed E-state index contributed by atoms with van der Waals surface area (Å²) in [6, 6.07) is 11.2. The number of carboxylic acid groups (broad SMARTS) is 1. The number of amides is 1. The highest BCUT2D eigenvalue weighted by molar-refractivity contribution is 7.99. The molecule has 170 valence electrons. The van der Waals surface area contributed by atoms with Gasteiger partial charge < -0.3 is 20.1 Å². The highest BCUT2D eigenvalue weighted by Crippen LogP contribution is 2.26. The Morgan fingerprint density at radius 1 is 1.25 bits per heavy atom. The van der Waals surface area contributed by atoms with Crippen LogP contribution in [0.4, 0.5) is 0 Å². The Balaban J connectivity index is 1.60. The van der Waals surface area contributed by atoms with Crippen molar-refractivity contribution >= 4 is 64.0 Å². The summed E-state index contributed by atoms with van der Waals surface area (Å²) in [5.41, 5.74) is 1.51. The Hall–Kier alpha value is -2.00. The van der Waals surface area contributed by atoms with Crippen LogP contribution >= 0.6 is 47.2 Å². The zero-order chi connectivity index (χ0) is 23.3. The first-order chi connectivity index (χ1) is 15.3. The number of ether oxygens (including phenoxy) is 1. The molecule has 0 bridgehead atoms. The van der Waals surface area contributed by atoms with Crippen LogP contribution < -0.4 is 10.1 Å². The second-order valence-electron chi connectivity index (χ2n) is 7.24. The first kappa shape index (κ1) is 24.6. The van der Waals surface area contributed by atoms with Gasteiger partial charge in [-0.25, -0.2) is 4.79 Å². The molecule has 1 amide bonds. The standard InChI is InChI=1S/C22H22Cl2N2O4S2/c1-13(27)26-12-32-11-20(26)21(31)25-19(22(28)29)9-14-5-7-15(8-6-14)30-10-16-17(23)3-2-4-18(16)24/h2-8,19-20H,9-12H2,1H3,(H,25,31)(H,28,29)/t19-,20-/m1/s1. The number of halogens is 2. The summed E-state index contributed by atoms with van der Waals surface area (Å²) < 4.78 is 5.77. The van der Waals surface area contributed by atoms with Crippen molar-refractivity contribution < 1.29 is 19.4 Å². The van der Waals surface area contributed by atoms with Gasteiger partial charge in [0.2, 0.25) is 5.91 Å². The van der Waals surface area contributed by atoms with Gasteiger partial charge in [-0.3, -0.25) is 4.79 Å². The average Bonchev–Trinajstić information content (AvgIpc) is 3.24. The van der Waals surface area contributed by atoms with Gasteiger partial charge in [0.15, 0.2) is 0 Å². The van der Waals surface area contributed by atoms with E-state index in [0.717, 1.165) is 5.56 Å². The van der Waals surface area contributed by atoms with E-state index in [4.69, 9.17) is 40.2 Å². The molecular formula is C22H22Cl2N2O4S2. The zero-order valence-electron chi connectivity index (χ0n) is 17.2. The van der Waals surface area contributed by atoms with Crippen LogP contribution in [0, 0.1) is 0 Å². The van der Waals surface area contributed by atoms with Gasteiger partial charge in [-0.05, 0) is 29.8 Å². The number of rotatable bonds is 8. The molecule has 3 rings (SSSR count). The molecule has 10 heteroatoms. The monoisotopic (exact) mass is 512 g/mol. The number of thioether (sulfide) groups is 1. The summed E-state index contributed by atoms with van der Waals surface area (Å²) in [5, 5.41) is 13.7. The van der Waals surface area contributed by atoms with Crippen LogP contribution in [0.1, 0.15) is 18.1 Å². The van der Waals surface area contributed by atoms with Crippen molar-refractivity contribution in [1.82, 2.24) is 10.2 Å². The maximum atomic E-state index is 11.8. The van der Waals surface area contributed by atoms with Gasteiger partial charge >= 0.3 is 5.97 Å². The zero-order valence-corrected chi connectivity index (χ0v) is 20.4. The maximum Gasteiger partial charge on any atom is 0.326 e. The van der Waals surface area contributed by atoms with Gasteiger partial charge in [-0.2, -0.15) is 0 Å². The minimum Gasteiger partial charge on any atom is -0.489 e. The number of carboxylic acids is 1. The van der Waals surface area contributed by atoms with Crippen LogP contribution in [0.5, 0.6) is 5.75 Å². The third-order valence-electron chi connectivity index (χ3n) is 5.01. The summed E-state index contributed by atoms with van der Waals surface area (Å²) >= 11 is 19.3. The molecule has 1 fully saturated rings. The number of thiocarbonyl (C=S) groups is 1. The normalized spacial score (nSPS) is 16.5. The molecule has 1 aliphatic heterocycles. The molecule has 0 aromatic heterocycles. The van der Waals surface area contributed by atoms with Crippen LogP contribution in [0.3, 0.4) is 0 Å². The van der Waals surface area contributed by atoms with Crippen LogP contribution in [-0.4, -0.2) is 50.6 Å². The smallest absolute Gasteiger partial charge is 0.326 e. The SMILES string of the molecule is CC(=O)N1CSC[C@@H]1C(=S)N[C@H](Cc1ccc(OCc2c(Cl)cccc2Cl)cc1)C(=O)O. The fourth-order valence-electron chi connectivity index (χ4n) is 3.22. The third-order valence-corrected chi connectivity index (χ3v) is 7.12. The van der Waals surface area contributed by atoms with Crippen LogP contribution in [0.25, 0.3) is 0 Å². The van der Waals surface area contributed by atoms with Crippen LogP contribution in [-0.2, 0) is 22.6 Å². The minimum absolute atomic E-state index is 0.0790. The molecule has 2 aromatic rings. The Kier molecular flexibility index (Phi) is 8.64. The second-order valence-corrected chi connectivity index (χ2v) is 9.49. The van der Waals surface area contributed by atoms with Crippen molar-refractivity contribution in [2.75, 3.05) is 11.6 Å². The topological polar surface area (TPSA) is 78.9 Å². The van der Waals surface area contributed by atoms with Gasteiger partial charge in [0, 0.05) is 34.7 Å². The van der Waals surface area contributed by atoms with E-state index in [9.17, 15) is 14.7 Å². The van der Waals surface area contributed by atoms with E-state index in [2.05, 4.69) is 5.32 Å². The van der Waals surface area contributed by atoms with E-state index in [1.54, 1.807) is 59.1 Å². The third kappa shape index (κ3) is 6.28. The Morgan fingerprint density at radius 3 is 2.50 bits per heavy atom. The molecular weight excluding hydrogens is 491 g/mol. The number of carbonyl (C=O) groups excluding carboxylic acids is 1. The van der Waals surface area contributed by atoms with E-state index in [0.29, 0.717) is 38.0 Å². The predicted octanol–water partition coefficient (Wildman–Crippen LogP) is 4.41. The van der Waals surface area contributed by atoms with Crippen molar-refractivity contribution in [1.29, 1.82) is 0 Å². The Morgan fingerprint density at radius 2 is 1.91 bits per heavy atom. The number of nitrogens with zero attached hydrogens (tertiary/aromatic N) is 1. The Bertz CT molecular complexity index is 984. The molecule has 2 N–H and O–H groups in total. The van der Waals surface area contributed by atoms with E-state index in [1.807, 2.05) is 0 Å². The summed E-state index contributed by atoms with van der Waals surface area (Å²) in [4.78, 5) is 25.6. The number of carbonyl (C=O) groups is 2. The lowest BCUT2D eigenvalue weighted by molar-refractivity contribution is -0.139. The van der Waals surface area contributed by atoms with Gasteiger partial charge in [0.25, 0.3) is 0 Å².